The Bertz CT molecular complexity index is 1430. The molecule has 5 heteroatoms. The van der Waals surface area contributed by atoms with Crippen LogP contribution in [-0.2, 0) is 6.42 Å². The van der Waals surface area contributed by atoms with Crippen LogP contribution in [0.25, 0.3) is 17.2 Å². The highest BCUT2D eigenvalue weighted by molar-refractivity contribution is 6.01. The van der Waals surface area contributed by atoms with E-state index in [0.29, 0.717) is 17.5 Å². The first-order valence-electron chi connectivity index (χ1n) is 13.3. The van der Waals surface area contributed by atoms with Crippen molar-refractivity contribution in [1.29, 1.82) is 0 Å². The summed E-state index contributed by atoms with van der Waals surface area (Å²) in [6, 6.07) is 17.5. The third kappa shape index (κ3) is 5.34. The molecule has 0 bridgehead atoms. The molecule has 5 rings (SSSR count). The maximum atomic E-state index is 14.4. The van der Waals surface area contributed by atoms with Gasteiger partial charge in [-0.3, -0.25) is 9.29 Å². The van der Waals surface area contributed by atoms with Crippen LogP contribution in [0.5, 0.6) is 0 Å². The van der Waals surface area contributed by atoms with Gasteiger partial charge in [0.25, 0.3) is 0 Å². The molecule has 0 radical (unpaired) electrons. The fourth-order valence-electron chi connectivity index (χ4n) is 5.67. The van der Waals surface area contributed by atoms with E-state index in [1.807, 2.05) is 19.1 Å². The van der Waals surface area contributed by atoms with Gasteiger partial charge in [-0.1, -0.05) is 36.4 Å². The summed E-state index contributed by atoms with van der Waals surface area (Å²) in [6.45, 7) is 6.05. The molecule has 0 spiro atoms. The Morgan fingerprint density at radius 3 is 2.45 bits per heavy atom. The number of allylic oxidation sites excluding steroid dienone is 1. The highest BCUT2D eigenvalue weighted by atomic mass is 19.1. The number of fused-ring (bicyclic) bond motifs is 1. The van der Waals surface area contributed by atoms with E-state index in [0.717, 1.165) is 77.9 Å². The number of hydrogen-bond acceptors (Lipinski definition) is 2. The number of aryl methyl sites for hydroxylation is 3. The zero-order valence-corrected chi connectivity index (χ0v) is 22.0. The van der Waals surface area contributed by atoms with E-state index in [2.05, 4.69) is 35.2 Å². The van der Waals surface area contributed by atoms with Crippen molar-refractivity contribution >= 4 is 23.2 Å². The van der Waals surface area contributed by atoms with E-state index in [4.69, 9.17) is 0 Å². The molecule has 0 saturated carbocycles. The Kier molecular flexibility index (Phi) is 7.57. The summed E-state index contributed by atoms with van der Waals surface area (Å²) < 4.78 is 26.8. The lowest BCUT2D eigenvalue weighted by Crippen LogP contribution is -2.40. The van der Waals surface area contributed by atoms with Crippen LogP contribution in [0.15, 0.2) is 60.2 Å². The Hall–Kier alpha value is -3.57. The summed E-state index contributed by atoms with van der Waals surface area (Å²) in [4.78, 5) is 13.9. The molecule has 1 saturated heterocycles. The van der Waals surface area contributed by atoms with Crippen LogP contribution in [0, 0.1) is 19.7 Å². The second-order valence-corrected chi connectivity index (χ2v) is 10.5. The first kappa shape index (κ1) is 26.1. The molecule has 3 aromatic rings. The molecule has 1 fully saturated rings. The second kappa shape index (κ2) is 11.0. The zero-order chi connectivity index (χ0) is 26.8. The normalized spacial score (nSPS) is 15.6. The van der Waals surface area contributed by atoms with Gasteiger partial charge < -0.3 is 5.11 Å². The zero-order valence-electron chi connectivity index (χ0n) is 22.0. The van der Waals surface area contributed by atoms with E-state index in [9.17, 15) is 18.7 Å². The van der Waals surface area contributed by atoms with Crippen LogP contribution in [0.4, 0.5) is 8.78 Å². The van der Waals surface area contributed by atoms with Crippen molar-refractivity contribution in [2.24, 2.45) is 0 Å². The van der Waals surface area contributed by atoms with Crippen LogP contribution in [0.1, 0.15) is 68.6 Å². The SMILES string of the molecule is Cc1cc(C2=C(c3ccc(C=C4CN(CCCF)C4)cc3)c3ccc(C(=O)O)cc3CCC2)c(C)cc1F. The summed E-state index contributed by atoms with van der Waals surface area (Å²) >= 11 is 0. The van der Waals surface area contributed by atoms with Gasteiger partial charge in [0.2, 0.25) is 0 Å². The fourth-order valence-corrected chi connectivity index (χ4v) is 5.67. The summed E-state index contributed by atoms with van der Waals surface area (Å²) in [7, 11) is 0. The van der Waals surface area contributed by atoms with E-state index in [1.54, 1.807) is 25.1 Å². The first-order valence-corrected chi connectivity index (χ1v) is 13.3. The van der Waals surface area contributed by atoms with Crippen LogP contribution >= 0.6 is 0 Å². The maximum absolute atomic E-state index is 14.4. The van der Waals surface area contributed by atoms with E-state index >= 15 is 0 Å². The topological polar surface area (TPSA) is 40.5 Å². The standard InChI is InChI=1S/C33H33F2NO2/c1-21-16-31(35)22(2)15-30(21)29-6-3-5-26-18-27(33(37)38)11-12-28(26)32(29)25-9-7-23(8-10-25)17-24-19-36(20-24)14-4-13-34/h7-12,15-18H,3-6,13-14,19-20H2,1-2H3,(H,37,38). The second-order valence-electron chi connectivity index (χ2n) is 10.5. The molecule has 0 atom stereocenters. The van der Waals surface area contributed by atoms with Crippen LogP contribution in [-0.4, -0.2) is 42.3 Å². The van der Waals surface area contributed by atoms with Gasteiger partial charge in [-0.25, -0.2) is 9.18 Å². The van der Waals surface area contributed by atoms with Gasteiger partial charge in [0.05, 0.1) is 12.2 Å². The number of rotatable bonds is 7. The van der Waals surface area contributed by atoms with Gasteiger partial charge in [-0.15, -0.1) is 0 Å². The summed E-state index contributed by atoms with van der Waals surface area (Å²) in [5, 5.41) is 9.58. The van der Waals surface area contributed by atoms with E-state index in [1.165, 1.54) is 11.1 Å². The van der Waals surface area contributed by atoms with Crippen molar-refractivity contribution in [3.63, 3.8) is 0 Å². The minimum Gasteiger partial charge on any atom is -0.478 e. The molecule has 0 unspecified atom stereocenters. The van der Waals surface area contributed by atoms with Gasteiger partial charge in [0, 0.05) is 19.6 Å². The van der Waals surface area contributed by atoms with Gasteiger partial charge in [0.15, 0.2) is 0 Å². The number of halogens is 2. The largest absolute Gasteiger partial charge is 0.478 e. The van der Waals surface area contributed by atoms with Gasteiger partial charge >= 0.3 is 5.97 Å². The van der Waals surface area contributed by atoms with Gasteiger partial charge in [-0.05, 0) is 119 Å². The number of hydrogen-bond donors (Lipinski definition) is 1. The molecule has 2 aliphatic rings. The fraction of sp³-hybridized carbons (Fsp3) is 0.303. The Morgan fingerprint density at radius 1 is 0.974 bits per heavy atom. The van der Waals surface area contributed by atoms with E-state index < -0.39 is 5.97 Å². The van der Waals surface area contributed by atoms with E-state index in [-0.39, 0.29) is 12.5 Å². The van der Waals surface area contributed by atoms with Crippen molar-refractivity contribution in [2.45, 2.75) is 39.5 Å². The highest BCUT2D eigenvalue weighted by Crippen LogP contribution is 2.41. The predicted octanol–water partition coefficient (Wildman–Crippen LogP) is 7.49. The lowest BCUT2D eigenvalue weighted by Gasteiger charge is -2.33. The van der Waals surface area contributed by atoms with Crippen LogP contribution < -0.4 is 0 Å². The number of carbonyl (C=O) groups is 1. The van der Waals surface area contributed by atoms with Crippen molar-refractivity contribution in [3.05, 3.63) is 110 Å². The maximum Gasteiger partial charge on any atom is 0.335 e. The third-order valence-corrected chi connectivity index (χ3v) is 7.66. The Labute approximate surface area is 223 Å². The smallest absolute Gasteiger partial charge is 0.335 e. The minimum atomic E-state index is -0.926. The minimum absolute atomic E-state index is 0.204. The Morgan fingerprint density at radius 2 is 1.74 bits per heavy atom. The average molecular weight is 514 g/mol. The molecular formula is C33H33F2NO2. The third-order valence-electron chi connectivity index (χ3n) is 7.66. The van der Waals surface area contributed by atoms with Gasteiger partial charge in [-0.2, -0.15) is 0 Å². The predicted molar refractivity (Wildman–Crippen MR) is 150 cm³/mol. The van der Waals surface area contributed by atoms with Crippen molar-refractivity contribution in [2.75, 3.05) is 26.3 Å². The number of alkyl halides is 1. The molecule has 1 N–H and O–H groups in total. The molecule has 1 aliphatic heterocycles. The number of benzene rings is 3. The summed E-state index contributed by atoms with van der Waals surface area (Å²) in [5.41, 5.74) is 10.7. The molecule has 3 nitrogen and oxygen atoms in total. The first-order chi connectivity index (χ1) is 18.3. The number of likely N-dealkylation sites (tertiary alicyclic amines) is 1. The molecule has 1 aliphatic carbocycles. The molecule has 0 amide bonds. The molecule has 1 heterocycles. The van der Waals surface area contributed by atoms with Crippen LogP contribution in [0.3, 0.4) is 0 Å². The van der Waals surface area contributed by atoms with Crippen molar-refractivity contribution in [3.8, 4) is 0 Å². The average Bonchev–Trinajstić information content (AvgIpc) is 3.07. The Balaban J connectivity index is 1.57. The lowest BCUT2D eigenvalue weighted by atomic mass is 9.85. The molecule has 196 valence electrons. The number of nitrogens with zero attached hydrogens (tertiary/aromatic N) is 1. The van der Waals surface area contributed by atoms with Crippen molar-refractivity contribution < 1.29 is 18.7 Å². The summed E-state index contributed by atoms with van der Waals surface area (Å²) in [6.07, 6.45) is 5.28. The molecule has 38 heavy (non-hydrogen) atoms. The molecule has 3 aromatic carbocycles. The number of aromatic carboxylic acids is 1. The van der Waals surface area contributed by atoms with Gasteiger partial charge in [0.1, 0.15) is 5.82 Å². The monoisotopic (exact) mass is 513 g/mol. The molecular weight excluding hydrogens is 480 g/mol. The number of carboxylic acid groups (broad SMARTS) is 1. The molecule has 0 aromatic heterocycles. The lowest BCUT2D eigenvalue weighted by molar-refractivity contribution is 0.0696. The van der Waals surface area contributed by atoms with Crippen LogP contribution in [0.2, 0.25) is 0 Å². The van der Waals surface area contributed by atoms with Crippen molar-refractivity contribution in [1.82, 2.24) is 4.90 Å². The number of carboxylic acids is 1. The highest BCUT2D eigenvalue weighted by Gasteiger charge is 2.23. The summed E-state index contributed by atoms with van der Waals surface area (Å²) in [5.74, 6) is -1.13. The quantitative estimate of drug-likeness (QED) is 0.356.